The highest BCUT2D eigenvalue weighted by Crippen LogP contribution is 2.32. The molecule has 0 radical (unpaired) electrons. The number of rotatable bonds is 6. The van der Waals surface area contributed by atoms with Gasteiger partial charge in [0.25, 0.3) is 5.91 Å². The molecule has 1 N–H and O–H groups in total. The van der Waals surface area contributed by atoms with Gasteiger partial charge in [-0.25, -0.2) is 0 Å². The van der Waals surface area contributed by atoms with Crippen LogP contribution in [-0.2, 0) is 11.2 Å². The average Bonchev–Trinajstić information content (AvgIpc) is 2.73. The first-order chi connectivity index (χ1) is 14.9. The molecular formula is C26H23BrN2O2. The second kappa shape index (κ2) is 10.1. The number of hydrogen-bond donors (Lipinski definition) is 1. The van der Waals surface area contributed by atoms with E-state index >= 15 is 0 Å². The lowest BCUT2D eigenvalue weighted by molar-refractivity contribution is -0.112. The number of carbonyl (C=O) groups excluding carboxylic acids is 1. The van der Waals surface area contributed by atoms with Crippen LogP contribution >= 0.6 is 15.9 Å². The lowest BCUT2D eigenvalue weighted by Gasteiger charge is -2.13. The molecule has 5 heteroatoms. The second-order valence-corrected chi connectivity index (χ2v) is 8.20. The topological polar surface area (TPSA) is 62.1 Å². The highest BCUT2D eigenvalue weighted by molar-refractivity contribution is 9.10. The van der Waals surface area contributed by atoms with E-state index in [1.807, 2.05) is 36.4 Å². The third kappa shape index (κ3) is 5.84. The van der Waals surface area contributed by atoms with E-state index in [0.717, 1.165) is 10.0 Å². The Morgan fingerprint density at radius 3 is 2.39 bits per heavy atom. The minimum Gasteiger partial charge on any atom is -0.496 e. The quantitative estimate of drug-likeness (QED) is 0.341. The van der Waals surface area contributed by atoms with Crippen LogP contribution in [0.5, 0.6) is 5.75 Å². The summed E-state index contributed by atoms with van der Waals surface area (Å²) in [7, 11) is 1.62. The third-order valence-electron chi connectivity index (χ3n) is 4.77. The lowest BCUT2D eigenvalue weighted by atomic mass is 9.98. The molecule has 0 unspecified atom stereocenters. The lowest BCUT2D eigenvalue weighted by Crippen LogP contribution is -2.13. The Hall–Kier alpha value is -3.36. The summed E-state index contributed by atoms with van der Waals surface area (Å²) in [6.07, 6.45) is 2.27. The Labute approximate surface area is 191 Å². The molecule has 0 fully saturated rings. The van der Waals surface area contributed by atoms with Crippen molar-refractivity contribution in [2.75, 3.05) is 12.4 Å². The molecule has 0 aliphatic carbocycles. The van der Waals surface area contributed by atoms with E-state index in [2.05, 4.69) is 53.3 Å². The fourth-order valence-corrected chi connectivity index (χ4v) is 4.08. The zero-order valence-electron chi connectivity index (χ0n) is 17.7. The van der Waals surface area contributed by atoms with Gasteiger partial charge in [-0.1, -0.05) is 63.5 Å². The predicted molar refractivity (Wildman–Crippen MR) is 128 cm³/mol. The van der Waals surface area contributed by atoms with Gasteiger partial charge in [0.1, 0.15) is 17.4 Å². The maximum atomic E-state index is 12.5. The van der Waals surface area contributed by atoms with Crippen molar-refractivity contribution in [3.05, 3.63) is 98.5 Å². The van der Waals surface area contributed by atoms with Gasteiger partial charge in [-0.3, -0.25) is 4.79 Å². The van der Waals surface area contributed by atoms with E-state index in [9.17, 15) is 10.1 Å². The van der Waals surface area contributed by atoms with E-state index in [-0.39, 0.29) is 5.57 Å². The summed E-state index contributed by atoms with van der Waals surface area (Å²) >= 11 is 3.64. The number of nitriles is 1. The van der Waals surface area contributed by atoms with E-state index in [4.69, 9.17) is 4.74 Å². The van der Waals surface area contributed by atoms with Crippen molar-refractivity contribution < 1.29 is 9.53 Å². The monoisotopic (exact) mass is 474 g/mol. The van der Waals surface area contributed by atoms with E-state index in [1.165, 1.54) is 16.7 Å². The first-order valence-electron chi connectivity index (χ1n) is 9.81. The van der Waals surface area contributed by atoms with Crippen LogP contribution in [0.2, 0.25) is 0 Å². The van der Waals surface area contributed by atoms with Gasteiger partial charge in [0.2, 0.25) is 0 Å². The number of para-hydroxylation sites is 1. The first kappa shape index (κ1) is 22.3. The molecule has 3 aromatic rings. The van der Waals surface area contributed by atoms with Crippen LogP contribution in [0, 0.1) is 25.2 Å². The van der Waals surface area contributed by atoms with E-state index in [1.54, 1.807) is 25.3 Å². The molecule has 3 rings (SSSR count). The van der Waals surface area contributed by atoms with Crippen molar-refractivity contribution in [3.63, 3.8) is 0 Å². The minimum atomic E-state index is -0.455. The normalized spacial score (nSPS) is 11.0. The Bertz CT molecular complexity index is 1160. The van der Waals surface area contributed by atoms with Crippen LogP contribution in [-0.4, -0.2) is 13.0 Å². The number of nitrogens with one attached hydrogen (secondary N) is 1. The number of benzene rings is 3. The third-order valence-corrected chi connectivity index (χ3v) is 5.47. The van der Waals surface area contributed by atoms with Gasteiger partial charge in [0.05, 0.1) is 7.11 Å². The van der Waals surface area contributed by atoms with Crippen molar-refractivity contribution in [2.45, 2.75) is 20.3 Å². The molecule has 156 valence electrons. The highest BCUT2D eigenvalue weighted by Gasteiger charge is 2.14. The molecule has 0 saturated carbocycles. The SMILES string of the molecule is COc1cc(/C=C(\C#N)C(=O)Nc2ccccc2)cc(Br)c1Cc1cc(C)cc(C)c1. The molecule has 0 spiro atoms. The van der Waals surface area contributed by atoms with Crippen LogP contribution in [0.1, 0.15) is 27.8 Å². The number of nitrogens with zero attached hydrogens (tertiary/aromatic N) is 1. The van der Waals surface area contributed by atoms with Gasteiger partial charge in [0, 0.05) is 22.1 Å². The number of hydrogen-bond acceptors (Lipinski definition) is 3. The van der Waals surface area contributed by atoms with Gasteiger partial charge in [-0.2, -0.15) is 5.26 Å². The van der Waals surface area contributed by atoms with Gasteiger partial charge in [-0.15, -0.1) is 0 Å². The number of anilines is 1. The molecule has 0 heterocycles. The van der Waals surface area contributed by atoms with Crippen LogP contribution in [0.3, 0.4) is 0 Å². The number of aryl methyl sites for hydroxylation is 2. The van der Waals surface area contributed by atoms with Crippen LogP contribution < -0.4 is 10.1 Å². The second-order valence-electron chi connectivity index (χ2n) is 7.35. The summed E-state index contributed by atoms with van der Waals surface area (Å²) in [5.74, 6) is 0.239. The van der Waals surface area contributed by atoms with Crippen LogP contribution in [0.4, 0.5) is 5.69 Å². The molecule has 0 bridgehead atoms. The fourth-order valence-electron chi connectivity index (χ4n) is 3.48. The smallest absolute Gasteiger partial charge is 0.266 e. The molecule has 3 aromatic carbocycles. The standard InChI is InChI=1S/C26H23BrN2O2/c1-17-9-18(2)11-19(10-17)13-23-24(27)14-20(15-25(23)31-3)12-21(16-28)26(30)29-22-7-5-4-6-8-22/h4-12,14-15H,13H2,1-3H3,(H,29,30)/b21-12+. The number of carbonyl (C=O) groups is 1. The Morgan fingerprint density at radius 1 is 1.10 bits per heavy atom. The van der Waals surface area contributed by atoms with Crippen molar-refractivity contribution in [2.24, 2.45) is 0 Å². The zero-order valence-corrected chi connectivity index (χ0v) is 19.3. The fraction of sp³-hybridized carbons (Fsp3) is 0.154. The predicted octanol–water partition coefficient (Wildman–Crippen LogP) is 6.21. The first-order valence-corrected chi connectivity index (χ1v) is 10.6. The maximum Gasteiger partial charge on any atom is 0.266 e. The highest BCUT2D eigenvalue weighted by atomic mass is 79.9. The minimum absolute atomic E-state index is 0.0138. The van der Waals surface area contributed by atoms with Crippen LogP contribution in [0.25, 0.3) is 6.08 Å². The number of halogens is 1. The molecular weight excluding hydrogens is 452 g/mol. The van der Waals surface area contributed by atoms with E-state index < -0.39 is 5.91 Å². The number of ether oxygens (including phenoxy) is 1. The van der Waals surface area contributed by atoms with Gasteiger partial charge < -0.3 is 10.1 Å². The van der Waals surface area contributed by atoms with E-state index in [0.29, 0.717) is 23.4 Å². The van der Waals surface area contributed by atoms with Crippen molar-refractivity contribution in [1.29, 1.82) is 5.26 Å². The van der Waals surface area contributed by atoms with Gasteiger partial charge in [-0.05, 0) is 55.3 Å². The number of amides is 1. The molecule has 0 saturated heterocycles. The molecule has 31 heavy (non-hydrogen) atoms. The molecule has 0 atom stereocenters. The molecule has 0 aliphatic rings. The summed E-state index contributed by atoms with van der Waals surface area (Å²) in [5, 5.41) is 12.2. The molecule has 1 amide bonds. The Balaban J connectivity index is 1.90. The summed E-state index contributed by atoms with van der Waals surface area (Å²) < 4.78 is 6.49. The largest absolute Gasteiger partial charge is 0.496 e. The van der Waals surface area contributed by atoms with Gasteiger partial charge >= 0.3 is 0 Å². The summed E-state index contributed by atoms with van der Waals surface area (Å²) in [6, 6.07) is 21.2. The van der Waals surface area contributed by atoms with Crippen LogP contribution in [0.15, 0.2) is 70.7 Å². The summed E-state index contributed by atoms with van der Waals surface area (Å²) in [5.41, 5.74) is 5.99. The average molecular weight is 475 g/mol. The zero-order chi connectivity index (χ0) is 22.4. The molecule has 0 aromatic heterocycles. The van der Waals surface area contributed by atoms with Crippen molar-refractivity contribution in [3.8, 4) is 11.8 Å². The Morgan fingerprint density at radius 2 is 1.77 bits per heavy atom. The summed E-state index contributed by atoms with van der Waals surface area (Å²) in [4.78, 5) is 12.5. The van der Waals surface area contributed by atoms with Gasteiger partial charge in [0.15, 0.2) is 0 Å². The Kier molecular flexibility index (Phi) is 7.28. The molecule has 4 nitrogen and oxygen atoms in total. The van der Waals surface area contributed by atoms with Crippen molar-refractivity contribution in [1.82, 2.24) is 0 Å². The van der Waals surface area contributed by atoms with Crippen molar-refractivity contribution >= 4 is 33.6 Å². The number of methoxy groups -OCH3 is 1. The summed E-state index contributed by atoms with van der Waals surface area (Å²) in [6.45, 7) is 4.17. The molecule has 0 aliphatic heterocycles. The maximum absolute atomic E-state index is 12.5.